The molecule has 0 bridgehead atoms. The average molecular weight is 258 g/mol. The van der Waals surface area contributed by atoms with Gasteiger partial charge in [-0.3, -0.25) is 4.79 Å². The Morgan fingerprint density at radius 2 is 2.11 bits per heavy atom. The molecule has 0 spiro atoms. The van der Waals surface area contributed by atoms with Gasteiger partial charge in [-0.2, -0.15) is 13.2 Å². The topological polar surface area (TPSA) is 64.4 Å². The molecule has 1 heterocycles. The Morgan fingerprint density at radius 3 is 2.61 bits per heavy atom. The molecule has 1 amide bonds. The van der Waals surface area contributed by atoms with Gasteiger partial charge in [0.2, 0.25) is 5.91 Å². The second-order valence-corrected chi connectivity index (χ2v) is 3.73. The molecule has 3 N–H and O–H groups in total. The third-order valence-corrected chi connectivity index (χ3v) is 2.45. The van der Waals surface area contributed by atoms with E-state index < -0.39 is 17.7 Å². The molecule has 0 saturated heterocycles. The second-order valence-electron chi connectivity index (χ2n) is 3.73. The molecule has 2 rings (SSSR count). The van der Waals surface area contributed by atoms with Gasteiger partial charge in [-0.15, -0.1) is 0 Å². The van der Waals surface area contributed by atoms with Crippen LogP contribution in [0.5, 0.6) is 0 Å². The number of hydrogen-bond acceptors (Lipinski definition) is 3. The molecule has 0 radical (unpaired) electrons. The first-order valence-corrected chi connectivity index (χ1v) is 4.98. The Balaban J connectivity index is 2.41. The summed E-state index contributed by atoms with van der Waals surface area (Å²) in [5.41, 5.74) is 4.21. The lowest BCUT2D eigenvalue weighted by Crippen LogP contribution is -2.21. The smallest absolute Gasteiger partial charge is 0.413 e. The lowest BCUT2D eigenvalue weighted by Gasteiger charge is -2.18. The van der Waals surface area contributed by atoms with Gasteiger partial charge in [-0.25, -0.2) is 0 Å². The molecule has 0 aromatic carbocycles. The minimum Gasteiger partial charge on any atom is -0.447 e. The van der Waals surface area contributed by atoms with Crippen molar-refractivity contribution in [3.8, 4) is 0 Å². The fraction of sp³-hybridized carbons (Fsp3) is 0.182. The predicted octanol–water partition coefficient (Wildman–Crippen LogP) is 1.59. The van der Waals surface area contributed by atoms with E-state index in [9.17, 15) is 18.0 Å². The van der Waals surface area contributed by atoms with Crippen LogP contribution in [0.3, 0.4) is 0 Å². The van der Waals surface area contributed by atoms with Gasteiger partial charge < -0.3 is 15.8 Å². The first-order chi connectivity index (χ1) is 8.38. The number of nitrogens with one attached hydrogen (secondary N) is 1. The maximum Gasteiger partial charge on any atom is 0.413 e. The molecule has 4 nitrogen and oxygen atoms in total. The third kappa shape index (κ3) is 2.39. The van der Waals surface area contributed by atoms with Gasteiger partial charge in [-0.05, 0) is 12.2 Å². The second kappa shape index (κ2) is 4.25. The Kier molecular flexibility index (Phi) is 2.90. The van der Waals surface area contributed by atoms with Gasteiger partial charge in [0.25, 0.3) is 0 Å². The van der Waals surface area contributed by atoms with Gasteiger partial charge >= 0.3 is 6.18 Å². The SMILES string of the molecule is NC(=O)C1=CC(=C2NC=CO2)CC(C(F)(F)F)=C1. The molecule has 18 heavy (non-hydrogen) atoms. The van der Waals surface area contributed by atoms with E-state index in [0.717, 1.165) is 6.08 Å². The fourth-order valence-electron chi connectivity index (χ4n) is 1.61. The summed E-state index contributed by atoms with van der Waals surface area (Å²) in [4.78, 5) is 11.0. The normalized spacial score (nSPS) is 23.1. The van der Waals surface area contributed by atoms with E-state index in [4.69, 9.17) is 10.5 Å². The van der Waals surface area contributed by atoms with Crippen LogP contribution in [0.15, 0.2) is 47.2 Å². The summed E-state index contributed by atoms with van der Waals surface area (Å²) < 4.78 is 43.1. The van der Waals surface area contributed by atoms with E-state index >= 15 is 0 Å². The van der Waals surface area contributed by atoms with E-state index in [0.29, 0.717) is 0 Å². The molecule has 0 aromatic heterocycles. The van der Waals surface area contributed by atoms with Crippen LogP contribution >= 0.6 is 0 Å². The molecule has 7 heteroatoms. The van der Waals surface area contributed by atoms with E-state index in [1.165, 1.54) is 18.5 Å². The van der Waals surface area contributed by atoms with Gasteiger partial charge in [0.05, 0.1) is 0 Å². The van der Waals surface area contributed by atoms with E-state index in [-0.39, 0.29) is 23.5 Å². The molecule has 0 fully saturated rings. The lowest BCUT2D eigenvalue weighted by atomic mass is 9.94. The minimum atomic E-state index is -4.51. The molecule has 2 aliphatic rings. The summed E-state index contributed by atoms with van der Waals surface area (Å²) in [5, 5.41) is 2.64. The van der Waals surface area contributed by atoms with Crippen LogP contribution in [0, 0.1) is 0 Å². The summed E-state index contributed by atoms with van der Waals surface area (Å²) in [6.07, 6.45) is -0.101. The van der Waals surface area contributed by atoms with Crippen LogP contribution < -0.4 is 11.1 Å². The maximum absolute atomic E-state index is 12.7. The van der Waals surface area contributed by atoms with Crippen molar-refractivity contribution in [2.24, 2.45) is 5.73 Å². The van der Waals surface area contributed by atoms with Crippen LogP contribution in [-0.2, 0) is 9.53 Å². The Bertz CT molecular complexity index is 503. The minimum absolute atomic E-state index is 0.170. The molecular weight excluding hydrogens is 249 g/mol. The fourth-order valence-corrected chi connectivity index (χ4v) is 1.61. The van der Waals surface area contributed by atoms with E-state index in [1.54, 1.807) is 0 Å². The number of amides is 1. The summed E-state index contributed by atoms with van der Waals surface area (Å²) in [5.74, 6) is -0.746. The summed E-state index contributed by atoms with van der Waals surface area (Å²) in [6.45, 7) is 0. The Labute approximate surface area is 100 Å². The van der Waals surface area contributed by atoms with Crippen molar-refractivity contribution in [2.75, 3.05) is 0 Å². The zero-order chi connectivity index (χ0) is 13.3. The molecule has 1 aliphatic heterocycles. The first-order valence-electron chi connectivity index (χ1n) is 4.98. The number of ether oxygens (including phenoxy) is 1. The summed E-state index contributed by atoms with van der Waals surface area (Å²) in [6, 6.07) is 0. The van der Waals surface area contributed by atoms with Gasteiger partial charge in [-0.1, -0.05) is 0 Å². The summed E-state index contributed by atoms with van der Waals surface area (Å²) >= 11 is 0. The van der Waals surface area contributed by atoms with E-state index in [2.05, 4.69) is 5.32 Å². The highest BCUT2D eigenvalue weighted by Gasteiger charge is 2.36. The highest BCUT2D eigenvalue weighted by atomic mass is 19.4. The number of allylic oxidation sites excluding steroid dienone is 3. The number of hydrogen-bond donors (Lipinski definition) is 2. The molecular formula is C11H9F3N2O2. The molecule has 96 valence electrons. The van der Waals surface area contributed by atoms with Crippen molar-refractivity contribution in [2.45, 2.75) is 12.6 Å². The van der Waals surface area contributed by atoms with Crippen LogP contribution in [0.2, 0.25) is 0 Å². The van der Waals surface area contributed by atoms with Crippen LogP contribution in [0.25, 0.3) is 0 Å². The van der Waals surface area contributed by atoms with Crippen molar-refractivity contribution in [1.29, 1.82) is 0 Å². The van der Waals surface area contributed by atoms with Gasteiger partial charge in [0.1, 0.15) is 6.26 Å². The number of primary amides is 1. The Morgan fingerprint density at radius 1 is 1.39 bits per heavy atom. The molecule has 0 atom stereocenters. The zero-order valence-corrected chi connectivity index (χ0v) is 9.04. The highest BCUT2D eigenvalue weighted by Crippen LogP contribution is 2.36. The highest BCUT2D eigenvalue weighted by molar-refractivity contribution is 5.96. The third-order valence-electron chi connectivity index (χ3n) is 2.45. The van der Waals surface area contributed by atoms with Crippen LogP contribution in [0.4, 0.5) is 13.2 Å². The quantitative estimate of drug-likeness (QED) is 0.750. The maximum atomic E-state index is 12.7. The van der Waals surface area contributed by atoms with Crippen LogP contribution in [-0.4, -0.2) is 12.1 Å². The van der Waals surface area contributed by atoms with Crippen molar-refractivity contribution < 1.29 is 22.7 Å². The number of halogens is 3. The van der Waals surface area contributed by atoms with Crippen molar-refractivity contribution in [1.82, 2.24) is 5.32 Å². The lowest BCUT2D eigenvalue weighted by molar-refractivity contribution is -0.114. The van der Waals surface area contributed by atoms with Gasteiger partial charge in [0.15, 0.2) is 5.88 Å². The standard InChI is InChI=1S/C11H9F3N2O2/c12-11(13,14)8-4-6(9(15)17)3-7(5-8)10-16-1-2-18-10/h1-4,16H,5H2,(H2,15,17). The number of alkyl halides is 3. The number of carbonyl (C=O) groups is 1. The zero-order valence-electron chi connectivity index (χ0n) is 9.04. The average Bonchev–Trinajstić information content (AvgIpc) is 2.80. The largest absolute Gasteiger partial charge is 0.447 e. The van der Waals surface area contributed by atoms with E-state index in [1.807, 2.05) is 0 Å². The molecule has 1 aliphatic carbocycles. The first kappa shape index (κ1) is 12.3. The van der Waals surface area contributed by atoms with Gasteiger partial charge in [0, 0.05) is 29.3 Å². The van der Waals surface area contributed by atoms with Crippen LogP contribution in [0.1, 0.15) is 6.42 Å². The molecule has 0 unspecified atom stereocenters. The van der Waals surface area contributed by atoms with Crippen molar-refractivity contribution in [3.05, 3.63) is 47.2 Å². The molecule has 0 saturated carbocycles. The predicted molar refractivity (Wildman–Crippen MR) is 56.4 cm³/mol. The number of nitrogens with two attached hydrogens (primary N) is 1. The number of carbonyl (C=O) groups excluding carboxylic acids is 1. The van der Waals surface area contributed by atoms with Crippen molar-refractivity contribution in [3.63, 3.8) is 0 Å². The molecule has 0 aromatic rings. The van der Waals surface area contributed by atoms with Crippen molar-refractivity contribution >= 4 is 5.91 Å². The number of rotatable bonds is 1. The summed E-state index contributed by atoms with van der Waals surface area (Å²) in [7, 11) is 0. The Hall–Kier alpha value is -2.18. The monoisotopic (exact) mass is 258 g/mol.